The maximum absolute atomic E-state index is 12.2. The molecule has 19 heavy (non-hydrogen) atoms. The van der Waals surface area contributed by atoms with Gasteiger partial charge in [0, 0.05) is 14.6 Å². The van der Waals surface area contributed by atoms with Crippen LogP contribution < -0.4 is 5.32 Å². The Morgan fingerprint density at radius 3 is 2.58 bits per heavy atom. The number of carbonyl (C=O) groups excluding carboxylic acids is 1. The van der Waals surface area contributed by atoms with Crippen LogP contribution in [0.1, 0.15) is 15.9 Å². The number of nitrogens with one attached hydrogen (secondary N) is 1. The molecule has 2 rings (SSSR count). The van der Waals surface area contributed by atoms with E-state index >= 15 is 0 Å². The molecule has 0 saturated heterocycles. The Labute approximate surface area is 133 Å². The summed E-state index contributed by atoms with van der Waals surface area (Å²) in [6.45, 7) is 1.99. The number of aryl methyl sites for hydroxylation is 1. The molecule has 0 bridgehead atoms. The van der Waals surface area contributed by atoms with Crippen molar-refractivity contribution in [2.75, 3.05) is 5.32 Å². The molecule has 0 fully saturated rings. The first-order valence-corrected chi connectivity index (χ1v) is 7.46. The van der Waals surface area contributed by atoms with Crippen molar-refractivity contribution in [2.45, 2.75) is 6.92 Å². The Morgan fingerprint density at radius 2 is 1.89 bits per heavy atom. The molecule has 0 heterocycles. The molecular formula is C14H10Br2ClNO. The van der Waals surface area contributed by atoms with Crippen molar-refractivity contribution in [3.63, 3.8) is 0 Å². The van der Waals surface area contributed by atoms with E-state index in [0.717, 1.165) is 20.2 Å². The summed E-state index contributed by atoms with van der Waals surface area (Å²) in [7, 11) is 0. The Balaban J connectivity index is 2.25. The maximum Gasteiger partial charge on any atom is 0.257 e. The third-order valence-electron chi connectivity index (χ3n) is 2.60. The average molecular weight is 404 g/mol. The van der Waals surface area contributed by atoms with Crippen LogP contribution >= 0.6 is 43.5 Å². The zero-order valence-electron chi connectivity index (χ0n) is 10.0. The minimum absolute atomic E-state index is 0.234. The monoisotopic (exact) mass is 401 g/mol. The fraction of sp³-hybridized carbons (Fsp3) is 0.0714. The van der Waals surface area contributed by atoms with Crippen LogP contribution in [0, 0.1) is 6.92 Å². The molecule has 0 aliphatic carbocycles. The van der Waals surface area contributed by atoms with Crippen LogP contribution in [-0.4, -0.2) is 5.91 Å². The molecule has 0 saturated carbocycles. The first-order chi connectivity index (χ1) is 8.97. The van der Waals surface area contributed by atoms with Crippen LogP contribution in [0.25, 0.3) is 0 Å². The van der Waals surface area contributed by atoms with Crippen LogP contribution in [0.4, 0.5) is 5.69 Å². The molecule has 0 aliphatic heterocycles. The largest absolute Gasteiger partial charge is 0.322 e. The van der Waals surface area contributed by atoms with Gasteiger partial charge in [0.15, 0.2) is 0 Å². The normalized spacial score (nSPS) is 10.3. The van der Waals surface area contributed by atoms with Crippen molar-refractivity contribution in [1.29, 1.82) is 0 Å². The first kappa shape index (κ1) is 14.6. The molecule has 0 aromatic heterocycles. The van der Waals surface area contributed by atoms with Gasteiger partial charge in [0.25, 0.3) is 5.91 Å². The summed E-state index contributed by atoms with van der Waals surface area (Å²) in [5.74, 6) is -0.234. The summed E-state index contributed by atoms with van der Waals surface area (Å²) in [5, 5.41) is 3.24. The van der Waals surface area contributed by atoms with E-state index in [9.17, 15) is 4.79 Å². The van der Waals surface area contributed by atoms with Gasteiger partial charge >= 0.3 is 0 Å². The molecule has 1 N–H and O–H groups in total. The molecule has 0 aliphatic rings. The molecule has 0 atom stereocenters. The Morgan fingerprint density at radius 1 is 1.16 bits per heavy atom. The van der Waals surface area contributed by atoms with Gasteiger partial charge in [0.2, 0.25) is 0 Å². The highest BCUT2D eigenvalue weighted by Gasteiger charge is 2.11. The van der Waals surface area contributed by atoms with Gasteiger partial charge < -0.3 is 5.32 Å². The van der Waals surface area contributed by atoms with E-state index in [4.69, 9.17) is 11.6 Å². The summed E-state index contributed by atoms with van der Waals surface area (Å²) >= 11 is 12.8. The summed E-state index contributed by atoms with van der Waals surface area (Å²) < 4.78 is 1.76. The van der Waals surface area contributed by atoms with Gasteiger partial charge in [0.05, 0.1) is 10.6 Å². The molecule has 1 amide bonds. The van der Waals surface area contributed by atoms with Gasteiger partial charge in [-0.3, -0.25) is 4.79 Å². The van der Waals surface area contributed by atoms with E-state index in [1.54, 1.807) is 18.2 Å². The number of rotatable bonds is 2. The highest BCUT2D eigenvalue weighted by Crippen LogP contribution is 2.24. The Hall–Kier alpha value is -0.840. The van der Waals surface area contributed by atoms with Crippen molar-refractivity contribution in [3.8, 4) is 0 Å². The van der Waals surface area contributed by atoms with Gasteiger partial charge in [-0.25, -0.2) is 0 Å². The number of hydrogen-bond acceptors (Lipinski definition) is 1. The first-order valence-electron chi connectivity index (χ1n) is 5.50. The molecule has 2 aromatic rings. The Bertz CT molecular complexity index is 643. The molecule has 0 spiro atoms. The number of carbonyl (C=O) groups is 1. The van der Waals surface area contributed by atoms with Crippen molar-refractivity contribution >= 4 is 55.1 Å². The molecule has 0 radical (unpaired) electrons. The summed E-state index contributed by atoms with van der Waals surface area (Å²) in [6.07, 6.45) is 0. The number of halogens is 3. The second-order valence-electron chi connectivity index (χ2n) is 4.04. The minimum Gasteiger partial charge on any atom is -0.322 e. The summed E-state index contributed by atoms with van der Waals surface area (Å²) in [6, 6.07) is 10.8. The van der Waals surface area contributed by atoms with Gasteiger partial charge in [-0.05, 0) is 42.8 Å². The predicted molar refractivity (Wildman–Crippen MR) is 86.0 cm³/mol. The van der Waals surface area contributed by atoms with Crippen molar-refractivity contribution < 1.29 is 4.79 Å². The summed E-state index contributed by atoms with van der Waals surface area (Å²) in [5.41, 5.74) is 2.27. The van der Waals surface area contributed by atoms with Crippen LogP contribution in [0.3, 0.4) is 0 Å². The van der Waals surface area contributed by atoms with Crippen LogP contribution in [0.15, 0.2) is 45.3 Å². The van der Waals surface area contributed by atoms with Gasteiger partial charge in [-0.2, -0.15) is 0 Å². The van der Waals surface area contributed by atoms with E-state index in [0.29, 0.717) is 10.6 Å². The molecule has 98 valence electrons. The van der Waals surface area contributed by atoms with E-state index in [1.807, 2.05) is 25.1 Å². The number of anilines is 1. The lowest BCUT2D eigenvalue weighted by Gasteiger charge is -2.08. The molecule has 0 unspecified atom stereocenters. The summed E-state index contributed by atoms with van der Waals surface area (Å²) in [4.78, 5) is 12.2. The number of hydrogen-bond donors (Lipinski definition) is 1. The van der Waals surface area contributed by atoms with Crippen molar-refractivity contribution in [3.05, 3.63) is 61.5 Å². The van der Waals surface area contributed by atoms with Gasteiger partial charge in [0.1, 0.15) is 0 Å². The van der Waals surface area contributed by atoms with E-state index in [-0.39, 0.29) is 5.91 Å². The van der Waals surface area contributed by atoms with Gasteiger partial charge in [-0.15, -0.1) is 0 Å². The highest BCUT2D eigenvalue weighted by molar-refractivity contribution is 9.10. The second-order valence-corrected chi connectivity index (χ2v) is 6.22. The lowest BCUT2D eigenvalue weighted by Crippen LogP contribution is -2.12. The van der Waals surface area contributed by atoms with Gasteiger partial charge in [-0.1, -0.05) is 49.5 Å². The van der Waals surface area contributed by atoms with E-state index < -0.39 is 0 Å². The van der Waals surface area contributed by atoms with Crippen LogP contribution in [-0.2, 0) is 0 Å². The fourth-order valence-corrected chi connectivity index (χ4v) is 2.48. The average Bonchev–Trinajstić information content (AvgIpc) is 2.36. The highest BCUT2D eigenvalue weighted by atomic mass is 79.9. The number of benzene rings is 2. The molecular weight excluding hydrogens is 393 g/mol. The lowest BCUT2D eigenvalue weighted by atomic mass is 10.2. The zero-order valence-corrected chi connectivity index (χ0v) is 13.9. The van der Waals surface area contributed by atoms with Crippen LogP contribution in [0.2, 0.25) is 5.02 Å². The minimum atomic E-state index is -0.234. The Kier molecular flexibility index (Phi) is 4.66. The van der Waals surface area contributed by atoms with Crippen molar-refractivity contribution in [2.24, 2.45) is 0 Å². The van der Waals surface area contributed by atoms with Crippen molar-refractivity contribution in [1.82, 2.24) is 0 Å². The van der Waals surface area contributed by atoms with Crippen LogP contribution in [0.5, 0.6) is 0 Å². The van der Waals surface area contributed by atoms with E-state index in [2.05, 4.69) is 37.2 Å². The smallest absolute Gasteiger partial charge is 0.257 e. The third kappa shape index (κ3) is 3.59. The van der Waals surface area contributed by atoms with E-state index in [1.165, 1.54) is 0 Å². The maximum atomic E-state index is 12.2. The third-order valence-corrected chi connectivity index (χ3v) is 4.28. The zero-order chi connectivity index (χ0) is 14.0. The second kappa shape index (κ2) is 6.07. The fourth-order valence-electron chi connectivity index (χ4n) is 1.54. The number of amides is 1. The topological polar surface area (TPSA) is 29.1 Å². The standard InChI is InChI=1S/C14H10Br2ClNO/c1-8-2-4-10(7-12(8)16)18-14(19)11-6-9(15)3-5-13(11)17/h2-7H,1H3,(H,18,19). The SMILES string of the molecule is Cc1ccc(NC(=O)c2cc(Br)ccc2Cl)cc1Br. The quantitative estimate of drug-likeness (QED) is 0.712. The molecule has 2 nitrogen and oxygen atoms in total. The lowest BCUT2D eigenvalue weighted by molar-refractivity contribution is 0.102. The molecule has 5 heteroatoms. The molecule has 2 aromatic carbocycles. The predicted octanol–water partition coefficient (Wildman–Crippen LogP) is 5.43.